The maximum absolute atomic E-state index is 12.1. The first kappa shape index (κ1) is 19.2. The molecule has 2 aromatic rings. The lowest BCUT2D eigenvalue weighted by Crippen LogP contribution is -2.50. The molecule has 0 bridgehead atoms. The minimum Gasteiger partial charge on any atom is -0.480 e. The van der Waals surface area contributed by atoms with Crippen LogP contribution in [0.4, 0.5) is 4.79 Å². The number of aliphatic hydroxyl groups excluding tert-OH is 1. The Morgan fingerprint density at radius 2 is 1.69 bits per heavy atom. The number of amides is 2. The number of carbonyl (C=O) groups excluding carboxylic acids is 1. The van der Waals surface area contributed by atoms with Gasteiger partial charge in [-0.2, -0.15) is 0 Å². The quantitative estimate of drug-likeness (QED) is 0.581. The fraction of sp³-hybridized carbons (Fsp3) is 0.278. The standard InChI is InChI=1S/C18H20N2O6/c1-20(10-15(21)17(24)25)18(26)19-14(16(22)23)9-12-7-4-6-11-5-2-3-8-13(11)12/h2-8,14-15,21H,9-10H2,1H3,(H,19,26)(H,22,23)(H,24,25)/t14-,15?/m0/s1. The lowest BCUT2D eigenvalue weighted by atomic mass is 9.99. The third kappa shape index (κ3) is 4.70. The molecule has 0 saturated heterocycles. The second-order valence-electron chi connectivity index (χ2n) is 5.92. The molecule has 4 N–H and O–H groups in total. The maximum atomic E-state index is 12.1. The van der Waals surface area contributed by atoms with Gasteiger partial charge in [0.05, 0.1) is 6.54 Å². The summed E-state index contributed by atoms with van der Waals surface area (Å²) < 4.78 is 0. The van der Waals surface area contributed by atoms with Gasteiger partial charge in [0.2, 0.25) is 0 Å². The number of urea groups is 1. The summed E-state index contributed by atoms with van der Waals surface area (Å²) >= 11 is 0. The number of benzene rings is 2. The average molecular weight is 360 g/mol. The summed E-state index contributed by atoms with van der Waals surface area (Å²) in [5.41, 5.74) is 0.768. The zero-order valence-electron chi connectivity index (χ0n) is 14.1. The summed E-state index contributed by atoms with van der Waals surface area (Å²) in [6, 6.07) is 11.1. The van der Waals surface area contributed by atoms with E-state index < -0.39 is 36.7 Å². The predicted molar refractivity (Wildman–Crippen MR) is 93.9 cm³/mol. The molecular weight excluding hydrogens is 340 g/mol. The molecular formula is C18H20N2O6. The number of carbonyl (C=O) groups is 3. The molecule has 2 aromatic carbocycles. The Balaban J connectivity index is 2.12. The summed E-state index contributed by atoms with van der Waals surface area (Å²) in [4.78, 5) is 35.2. The van der Waals surface area contributed by atoms with Crippen LogP contribution in [0.25, 0.3) is 10.8 Å². The second-order valence-corrected chi connectivity index (χ2v) is 5.92. The minimum atomic E-state index is -1.74. The van der Waals surface area contributed by atoms with Crippen molar-refractivity contribution >= 4 is 28.7 Å². The highest BCUT2D eigenvalue weighted by molar-refractivity contribution is 5.87. The molecule has 2 atom stereocenters. The van der Waals surface area contributed by atoms with Crippen molar-refractivity contribution < 1.29 is 29.7 Å². The molecule has 0 radical (unpaired) electrons. The molecule has 0 heterocycles. The van der Waals surface area contributed by atoms with Gasteiger partial charge in [-0.15, -0.1) is 0 Å². The first-order valence-corrected chi connectivity index (χ1v) is 7.91. The fourth-order valence-corrected chi connectivity index (χ4v) is 2.57. The smallest absolute Gasteiger partial charge is 0.334 e. The molecule has 0 fully saturated rings. The highest BCUT2D eigenvalue weighted by Gasteiger charge is 2.25. The van der Waals surface area contributed by atoms with E-state index in [4.69, 9.17) is 5.11 Å². The SMILES string of the molecule is CN(CC(O)C(=O)O)C(=O)N[C@@H](Cc1cccc2ccccc12)C(=O)O. The topological polar surface area (TPSA) is 127 Å². The Kier molecular flexibility index (Phi) is 6.13. The van der Waals surface area contributed by atoms with E-state index in [1.54, 1.807) is 6.07 Å². The molecule has 0 saturated carbocycles. The zero-order valence-corrected chi connectivity index (χ0v) is 14.1. The lowest BCUT2D eigenvalue weighted by Gasteiger charge is -2.22. The number of aliphatic hydroxyl groups is 1. The summed E-state index contributed by atoms with van der Waals surface area (Å²) in [6.07, 6.45) is -1.68. The van der Waals surface area contributed by atoms with Crippen molar-refractivity contribution in [3.63, 3.8) is 0 Å². The van der Waals surface area contributed by atoms with Gasteiger partial charge in [-0.05, 0) is 16.3 Å². The number of carboxylic acids is 2. The van der Waals surface area contributed by atoms with E-state index in [9.17, 15) is 24.6 Å². The average Bonchev–Trinajstić information content (AvgIpc) is 2.60. The van der Waals surface area contributed by atoms with Crippen LogP contribution in [0.3, 0.4) is 0 Å². The lowest BCUT2D eigenvalue weighted by molar-refractivity contribution is -0.147. The van der Waals surface area contributed by atoms with Crippen LogP contribution in [-0.2, 0) is 16.0 Å². The van der Waals surface area contributed by atoms with E-state index in [2.05, 4.69) is 5.32 Å². The fourth-order valence-electron chi connectivity index (χ4n) is 2.57. The highest BCUT2D eigenvalue weighted by atomic mass is 16.4. The summed E-state index contributed by atoms with van der Waals surface area (Å²) in [5, 5.41) is 31.6. The van der Waals surface area contributed by atoms with E-state index in [0.29, 0.717) is 0 Å². The Hall–Kier alpha value is -3.13. The van der Waals surface area contributed by atoms with Gasteiger partial charge in [0, 0.05) is 13.5 Å². The van der Waals surface area contributed by atoms with Crippen LogP contribution >= 0.6 is 0 Å². The van der Waals surface area contributed by atoms with Gasteiger partial charge in [0.25, 0.3) is 0 Å². The second kappa shape index (κ2) is 8.30. The predicted octanol–water partition coefficient (Wildman–Crippen LogP) is 0.922. The number of rotatable bonds is 7. The normalized spacial score (nSPS) is 13.0. The van der Waals surface area contributed by atoms with Gasteiger partial charge < -0.3 is 25.5 Å². The van der Waals surface area contributed by atoms with Gasteiger partial charge in [0.15, 0.2) is 6.10 Å². The Morgan fingerprint density at radius 3 is 2.35 bits per heavy atom. The van der Waals surface area contributed by atoms with Crippen LogP contribution in [0, 0.1) is 0 Å². The number of fused-ring (bicyclic) bond motifs is 1. The molecule has 8 nitrogen and oxygen atoms in total. The van der Waals surface area contributed by atoms with E-state index in [0.717, 1.165) is 21.2 Å². The highest BCUT2D eigenvalue weighted by Crippen LogP contribution is 2.20. The number of carboxylic acid groups (broad SMARTS) is 2. The van der Waals surface area contributed by atoms with E-state index in [1.165, 1.54) is 7.05 Å². The van der Waals surface area contributed by atoms with Crippen LogP contribution < -0.4 is 5.32 Å². The largest absolute Gasteiger partial charge is 0.480 e. The van der Waals surface area contributed by atoms with Crippen LogP contribution in [0.15, 0.2) is 42.5 Å². The van der Waals surface area contributed by atoms with Crippen LogP contribution in [0.1, 0.15) is 5.56 Å². The summed E-state index contributed by atoms with van der Waals surface area (Å²) in [5.74, 6) is -2.67. The zero-order chi connectivity index (χ0) is 19.3. The van der Waals surface area contributed by atoms with E-state index >= 15 is 0 Å². The molecule has 0 aliphatic carbocycles. The first-order valence-electron chi connectivity index (χ1n) is 7.91. The molecule has 2 rings (SSSR count). The minimum absolute atomic E-state index is 0.0672. The molecule has 0 aliphatic heterocycles. The van der Waals surface area contributed by atoms with E-state index in [1.807, 2.05) is 36.4 Å². The molecule has 8 heteroatoms. The summed E-state index contributed by atoms with van der Waals surface area (Å²) in [7, 11) is 1.28. The van der Waals surface area contributed by atoms with Crippen LogP contribution in [0.2, 0.25) is 0 Å². The Morgan fingerprint density at radius 1 is 1.04 bits per heavy atom. The molecule has 0 aliphatic rings. The molecule has 1 unspecified atom stereocenters. The van der Waals surface area contributed by atoms with Crippen molar-refractivity contribution in [3.05, 3.63) is 48.0 Å². The molecule has 26 heavy (non-hydrogen) atoms. The monoisotopic (exact) mass is 360 g/mol. The van der Waals surface area contributed by atoms with Crippen LogP contribution in [0.5, 0.6) is 0 Å². The number of nitrogens with zero attached hydrogens (tertiary/aromatic N) is 1. The Labute approximate surface area is 149 Å². The van der Waals surface area contributed by atoms with Crippen molar-refractivity contribution in [3.8, 4) is 0 Å². The number of hydrogen-bond acceptors (Lipinski definition) is 4. The van der Waals surface area contributed by atoms with Gasteiger partial charge in [-0.25, -0.2) is 14.4 Å². The van der Waals surface area contributed by atoms with Gasteiger partial charge in [-0.1, -0.05) is 42.5 Å². The van der Waals surface area contributed by atoms with Gasteiger partial charge >= 0.3 is 18.0 Å². The van der Waals surface area contributed by atoms with Gasteiger partial charge in [0.1, 0.15) is 6.04 Å². The third-order valence-corrected chi connectivity index (χ3v) is 3.98. The number of hydrogen-bond donors (Lipinski definition) is 4. The molecule has 138 valence electrons. The molecule has 0 aromatic heterocycles. The number of aliphatic carboxylic acids is 2. The van der Waals surface area contributed by atoms with E-state index in [-0.39, 0.29) is 6.42 Å². The van der Waals surface area contributed by atoms with Crippen molar-refractivity contribution in [1.82, 2.24) is 10.2 Å². The van der Waals surface area contributed by atoms with Crippen molar-refractivity contribution in [2.45, 2.75) is 18.6 Å². The Bertz CT molecular complexity index is 817. The van der Waals surface area contributed by atoms with Crippen molar-refractivity contribution in [2.24, 2.45) is 0 Å². The van der Waals surface area contributed by atoms with Crippen molar-refractivity contribution in [1.29, 1.82) is 0 Å². The van der Waals surface area contributed by atoms with Crippen LogP contribution in [-0.4, -0.2) is 63.9 Å². The summed E-state index contributed by atoms with van der Waals surface area (Å²) in [6.45, 7) is -0.457. The molecule has 2 amide bonds. The number of nitrogens with one attached hydrogen (secondary N) is 1. The molecule has 0 spiro atoms. The van der Waals surface area contributed by atoms with Gasteiger partial charge in [-0.3, -0.25) is 0 Å². The maximum Gasteiger partial charge on any atom is 0.334 e. The first-order chi connectivity index (χ1) is 12.3. The van der Waals surface area contributed by atoms with Crippen molar-refractivity contribution in [2.75, 3.05) is 13.6 Å². The third-order valence-electron chi connectivity index (χ3n) is 3.98. The number of likely N-dealkylation sites (N-methyl/N-ethyl adjacent to an activating group) is 1.